The molecule has 0 amide bonds. The molecule has 2 heterocycles. The lowest BCUT2D eigenvalue weighted by Gasteiger charge is -2.27. The number of aryl methyl sites for hydroxylation is 1. The summed E-state index contributed by atoms with van der Waals surface area (Å²) in [6.45, 7) is 4.47. The number of nitrogens with zero attached hydrogens (tertiary/aromatic N) is 2. The first-order valence-corrected chi connectivity index (χ1v) is 10.2. The molecule has 1 aromatic heterocycles. The van der Waals surface area contributed by atoms with Crippen LogP contribution in [0.4, 0.5) is 0 Å². The Bertz CT molecular complexity index is 1030. The van der Waals surface area contributed by atoms with Crippen LogP contribution in [0, 0.1) is 6.92 Å². The third kappa shape index (κ3) is 4.69. The van der Waals surface area contributed by atoms with Crippen LogP contribution in [0.3, 0.4) is 0 Å². The number of esters is 1. The minimum Gasteiger partial charge on any atom is -0.489 e. The molecule has 0 spiro atoms. The molecule has 0 saturated carbocycles. The van der Waals surface area contributed by atoms with Crippen molar-refractivity contribution >= 4 is 5.97 Å². The van der Waals surface area contributed by atoms with Crippen molar-refractivity contribution in [2.45, 2.75) is 26.5 Å². The molecule has 4 rings (SSSR count). The summed E-state index contributed by atoms with van der Waals surface area (Å²) in [5.74, 6) is 0.687. The van der Waals surface area contributed by atoms with Gasteiger partial charge in [-0.05, 0) is 47.9 Å². The van der Waals surface area contributed by atoms with Crippen LogP contribution in [0.25, 0.3) is 11.3 Å². The number of aromatic nitrogens is 1. The van der Waals surface area contributed by atoms with Gasteiger partial charge in [-0.25, -0.2) is 0 Å². The second-order valence-corrected chi connectivity index (χ2v) is 7.59. The van der Waals surface area contributed by atoms with Crippen LogP contribution in [-0.2, 0) is 29.1 Å². The summed E-state index contributed by atoms with van der Waals surface area (Å²) in [6.07, 6.45) is 0.831. The molecule has 0 bridgehead atoms. The minimum absolute atomic E-state index is 0.201. The smallest absolute Gasteiger partial charge is 0.319 e. The quantitative estimate of drug-likeness (QED) is 0.580. The third-order valence-electron chi connectivity index (χ3n) is 5.42. The minimum atomic E-state index is -0.201. The third-order valence-corrected chi connectivity index (χ3v) is 5.42. The van der Waals surface area contributed by atoms with Gasteiger partial charge in [-0.2, -0.15) is 0 Å². The molecule has 5 nitrogen and oxygen atoms in total. The Balaban J connectivity index is 1.46. The van der Waals surface area contributed by atoms with Crippen LogP contribution < -0.4 is 4.74 Å². The summed E-state index contributed by atoms with van der Waals surface area (Å²) in [4.78, 5) is 18.5. The van der Waals surface area contributed by atoms with E-state index in [1.54, 1.807) is 0 Å². The van der Waals surface area contributed by atoms with E-state index < -0.39 is 0 Å². The molecule has 154 valence electrons. The highest BCUT2D eigenvalue weighted by Gasteiger charge is 2.20. The maximum atomic E-state index is 11.5. The predicted octanol–water partition coefficient (Wildman–Crippen LogP) is 4.17. The molecular formula is C25H26N2O3. The number of rotatable bonds is 6. The lowest BCUT2D eigenvalue weighted by molar-refractivity contribution is -0.142. The molecule has 3 aromatic rings. The Kier molecular flexibility index (Phi) is 6.10. The number of carbonyl (C=O) groups is 1. The number of hydrogen-bond donors (Lipinski definition) is 0. The van der Waals surface area contributed by atoms with Crippen LogP contribution >= 0.6 is 0 Å². The maximum Gasteiger partial charge on any atom is 0.319 e. The standard InChI is InChI=1S/C25H26N2O3/c1-18-14-20(9-11-24(18)30-17-19-6-4-3-5-7-19)22-10-8-21-15-27(16-25(28)29-2)13-12-23(21)26-22/h3-11,14H,12-13,15-17H2,1-2H3. The van der Waals surface area contributed by atoms with E-state index in [2.05, 4.69) is 48.2 Å². The van der Waals surface area contributed by atoms with Gasteiger partial charge in [0.1, 0.15) is 12.4 Å². The number of ether oxygens (including phenoxy) is 2. The van der Waals surface area contributed by atoms with Crippen LogP contribution in [0.1, 0.15) is 22.4 Å². The van der Waals surface area contributed by atoms with Crippen molar-refractivity contribution in [3.05, 3.63) is 83.0 Å². The molecule has 5 heteroatoms. The molecule has 0 fully saturated rings. The van der Waals surface area contributed by atoms with Crippen molar-refractivity contribution in [3.63, 3.8) is 0 Å². The predicted molar refractivity (Wildman–Crippen MR) is 116 cm³/mol. The Morgan fingerprint density at radius 3 is 2.70 bits per heavy atom. The summed E-state index contributed by atoms with van der Waals surface area (Å²) in [6, 6.07) is 20.6. The summed E-state index contributed by atoms with van der Waals surface area (Å²) in [5.41, 5.74) is 6.57. The Morgan fingerprint density at radius 2 is 1.93 bits per heavy atom. The number of pyridine rings is 1. The summed E-state index contributed by atoms with van der Waals surface area (Å²) in [5, 5.41) is 0. The first kappa shape index (κ1) is 20.1. The molecule has 0 N–H and O–H groups in total. The van der Waals surface area contributed by atoms with Crippen molar-refractivity contribution in [2.75, 3.05) is 20.2 Å². The highest BCUT2D eigenvalue weighted by Crippen LogP contribution is 2.28. The van der Waals surface area contributed by atoms with Crippen LogP contribution in [0.5, 0.6) is 5.75 Å². The van der Waals surface area contributed by atoms with Gasteiger partial charge in [0.25, 0.3) is 0 Å². The fraction of sp³-hybridized carbons (Fsp3) is 0.280. The van der Waals surface area contributed by atoms with E-state index in [1.165, 1.54) is 12.7 Å². The Labute approximate surface area is 177 Å². The lowest BCUT2D eigenvalue weighted by Crippen LogP contribution is -2.35. The van der Waals surface area contributed by atoms with Crippen molar-refractivity contribution in [1.29, 1.82) is 0 Å². The molecule has 30 heavy (non-hydrogen) atoms. The molecule has 0 atom stereocenters. The fourth-order valence-corrected chi connectivity index (χ4v) is 3.72. The maximum absolute atomic E-state index is 11.5. The molecule has 0 saturated heterocycles. The molecule has 0 radical (unpaired) electrons. The van der Waals surface area contributed by atoms with Gasteiger partial charge in [0.2, 0.25) is 0 Å². The largest absolute Gasteiger partial charge is 0.489 e. The van der Waals surface area contributed by atoms with Crippen molar-refractivity contribution in [3.8, 4) is 17.0 Å². The van der Waals surface area contributed by atoms with Crippen molar-refractivity contribution < 1.29 is 14.3 Å². The van der Waals surface area contributed by atoms with Gasteiger partial charge in [-0.1, -0.05) is 36.4 Å². The van der Waals surface area contributed by atoms with E-state index in [9.17, 15) is 4.79 Å². The monoisotopic (exact) mass is 402 g/mol. The zero-order chi connectivity index (χ0) is 20.9. The van der Waals surface area contributed by atoms with Gasteiger partial charge >= 0.3 is 5.97 Å². The number of hydrogen-bond acceptors (Lipinski definition) is 5. The van der Waals surface area contributed by atoms with E-state index in [1.807, 2.05) is 24.3 Å². The lowest BCUT2D eigenvalue weighted by atomic mass is 10.0. The van der Waals surface area contributed by atoms with Gasteiger partial charge in [0, 0.05) is 30.8 Å². The van der Waals surface area contributed by atoms with Crippen molar-refractivity contribution in [1.82, 2.24) is 9.88 Å². The van der Waals surface area contributed by atoms with Gasteiger partial charge in [0.15, 0.2) is 0 Å². The number of fused-ring (bicyclic) bond motifs is 1. The number of benzene rings is 2. The van der Waals surface area contributed by atoms with Gasteiger partial charge < -0.3 is 9.47 Å². The molecule has 0 unspecified atom stereocenters. The first-order valence-electron chi connectivity index (χ1n) is 10.2. The summed E-state index contributed by atoms with van der Waals surface area (Å²) >= 11 is 0. The van der Waals surface area contributed by atoms with E-state index in [0.717, 1.165) is 53.3 Å². The van der Waals surface area contributed by atoms with Crippen molar-refractivity contribution in [2.24, 2.45) is 0 Å². The van der Waals surface area contributed by atoms with Crippen LogP contribution in [0.15, 0.2) is 60.7 Å². The second kappa shape index (κ2) is 9.09. The number of carbonyl (C=O) groups excluding carboxylic acids is 1. The highest BCUT2D eigenvalue weighted by molar-refractivity contribution is 5.71. The molecule has 2 aromatic carbocycles. The van der Waals surface area contributed by atoms with E-state index >= 15 is 0 Å². The van der Waals surface area contributed by atoms with E-state index in [4.69, 9.17) is 14.5 Å². The first-order chi connectivity index (χ1) is 14.6. The summed E-state index contributed by atoms with van der Waals surface area (Å²) in [7, 11) is 1.42. The number of methoxy groups -OCH3 is 1. The second-order valence-electron chi connectivity index (χ2n) is 7.59. The SMILES string of the molecule is COC(=O)CN1CCc2nc(-c3ccc(OCc4ccccc4)c(C)c3)ccc2C1. The average molecular weight is 402 g/mol. The zero-order valence-electron chi connectivity index (χ0n) is 17.4. The Morgan fingerprint density at radius 1 is 1.10 bits per heavy atom. The molecule has 1 aliphatic heterocycles. The highest BCUT2D eigenvalue weighted by atomic mass is 16.5. The van der Waals surface area contributed by atoms with Gasteiger partial charge in [-0.15, -0.1) is 0 Å². The van der Waals surface area contributed by atoms with Crippen LogP contribution in [0.2, 0.25) is 0 Å². The zero-order valence-corrected chi connectivity index (χ0v) is 17.4. The topological polar surface area (TPSA) is 51.7 Å². The molecule has 1 aliphatic rings. The Hall–Kier alpha value is -3.18. The molecular weight excluding hydrogens is 376 g/mol. The van der Waals surface area contributed by atoms with E-state index in [0.29, 0.717) is 13.2 Å². The van der Waals surface area contributed by atoms with Gasteiger partial charge in [-0.3, -0.25) is 14.7 Å². The normalized spacial score (nSPS) is 13.5. The van der Waals surface area contributed by atoms with E-state index in [-0.39, 0.29) is 5.97 Å². The summed E-state index contributed by atoms with van der Waals surface area (Å²) < 4.78 is 10.8. The average Bonchev–Trinajstić information content (AvgIpc) is 2.78. The van der Waals surface area contributed by atoms with Crippen LogP contribution in [-0.4, -0.2) is 36.1 Å². The fourth-order valence-electron chi connectivity index (χ4n) is 3.72. The van der Waals surface area contributed by atoms with Gasteiger partial charge in [0.05, 0.1) is 19.3 Å². The molecule has 0 aliphatic carbocycles.